The Bertz CT molecular complexity index is 1070. The van der Waals surface area contributed by atoms with E-state index in [0.717, 1.165) is 75.8 Å². The predicted molar refractivity (Wildman–Crippen MR) is 181 cm³/mol. The average molecular weight is 625 g/mol. The van der Waals surface area contributed by atoms with Crippen molar-refractivity contribution in [1.82, 2.24) is 15.8 Å². The summed E-state index contributed by atoms with van der Waals surface area (Å²) in [5.41, 5.74) is 7.89. The number of hydrogen-bond acceptors (Lipinski definition) is 8. The highest BCUT2D eigenvalue weighted by Gasteiger charge is 2.21. The zero-order valence-electron chi connectivity index (χ0n) is 27.8. The number of hydrogen-bond donors (Lipinski definition) is 2. The number of ether oxygens (including phenoxy) is 2. The summed E-state index contributed by atoms with van der Waals surface area (Å²) in [6, 6.07) is 14.8. The van der Waals surface area contributed by atoms with Crippen LogP contribution in [-0.2, 0) is 38.6 Å². The van der Waals surface area contributed by atoms with Crippen molar-refractivity contribution in [2.45, 2.75) is 84.5 Å². The standard InChI is InChI=1S/C30H42N4O4.C5H12.CH2O/c1-33(32-23-36)20-28-19-29(7-6-27(28)21-35)34-14-10-25(11-15-34)18-24-2-4-26(5-3-24)22-37-16-17-38-30-8-12-31-13-9-30;1-3-5-4-2;1-2/h2-7,19,21,23,25,30-31H,8-18,20,22H2,1H3,(H,32,36);3-5H2,1-2H3;1H2. The van der Waals surface area contributed by atoms with E-state index in [1.165, 1.54) is 30.4 Å². The average Bonchev–Trinajstić information content (AvgIpc) is 3.08. The molecule has 45 heavy (non-hydrogen) atoms. The Kier molecular flexibility index (Phi) is 19.7. The lowest BCUT2D eigenvalue weighted by Crippen LogP contribution is -2.35. The second kappa shape index (κ2) is 23.3. The van der Waals surface area contributed by atoms with Gasteiger partial charge in [0.15, 0.2) is 0 Å². The van der Waals surface area contributed by atoms with Crippen LogP contribution in [0.25, 0.3) is 0 Å². The molecule has 0 atom stereocenters. The van der Waals surface area contributed by atoms with E-state index in [9.17, 15) is 9.59 Å². The number of rotatable bonds is 16. The highest BCUT2D eigenvalue weighted by Crippen LogP contribution is 2.27. The van der Waals surface area contributed by atoms with Gasteiger partial charge in [0, 0.05) is 37.9 Å². The molecule has 0 radical (unpaired) electrons. The fraction of sp³-hybridized carbons (Fsp3) is 0.583. The number of nitrogens with zero attached hydrogens (tertiary/aromatic N) is 2. The number of carbonyl (C=O) groups excluding carboxylic acids is 3. The van der Waals surface area contributed by atoms with E-state index < -0.39 is 0 Å². The molecule has 0 unspecified atom stereocenters. The first-order valence-electron chi connectivity index (χ1n) is 16.6. The van der Waals surface area contributed by atoms with Gasteiger partial charge in [-0.2, -0.15) is 0 Å². The lowest BCUT2D eigenvalue weighted by molar-refractivity contribution is -0.113. The normalized spacial score (nSPS) is 15.4. The molecule has 0 aromatic heterocycles. The fourth-order valence-electron chi connectivity index (χ4n) is 5.71. The van der Waals surface area contributed by atoms with Crippen LogP contribution in [0.4, 0.5) is 5.69 Å². The van der Waals surface area contributed by atoms with Gasteiger partial charge in [-0.1, -0.05) is 57.4 Å². The van der Waals surface area contributed by atoms with Crippen molar-refractivity contribution in [1.29, 1.82) is 0 Å². The Morgan fingerprint density at radius 3 is 2.22 bits per heavy atom. The first kappa shape index (κ1) is 38.1. The number of carbonyl (C=O) groups is 3. The molecule has 2 aromatic rings. The number of anilines is 1. The minimum absolute atomic E-state index is 0.380. The molecule has 2 fully saturated rings. The van der Waals surface area contributed by atoms with Gasteiger partial charge in [-0.05, 0) is 86.0 Å². The molecular formula is C36H56N4O5. The quantitative estimate of drug-likeness (QED) is 0.147. The zero-order chi connectivity index (χ0) is 32.7. The summed E-state index contributed by atoms with van der Waals surface area (Å²) in [5.74, 6) is 0.664. The molecule has 250 valence electrons. The van der Waals surface area contributed by atoms with Crippen LogP contribution >= 0.6 is 0 Å². The minimum atomic E-state index is 0.380. The monoisotopic (exact) mass is 624 g/mol. The van der Waals surface area contributed by atoms with E-state index >= 15 is 0 Å². The van der Waals surface area contributed by atoms with Gasteiger partial charge in [0.05, 0.1) is 25.9 Å². The maximum absolute atomic E-state index is 11.5. The molecule has 2 saturated heterocycles. The van der Waals surface area contributed by atoms with Crippen LogP contribution in [-0.4, -0.2) is 77.0 Å². The molecule has 9 heteroatoms. The lowest BCUT2D eigenvalue weighted by atomic mass is 9.89. The third kappa shape index (κ3) is 14.7. The number of nitrogens with one attached hydrogen (secondary N) is 2. The second-order valence-electron chi connectivity index (χ2n) is 11.8. The van der Waals surface area contributed by atoms with Crippen molar-refractivity contribution in [2.24, 2.45) is 5.92 Å². The van der Waals surface area contributed by atoms with E-state index in [1.807, 2.05) is 18.9 Å². The second-order valence-corrected chi connectivity index (χ2v) is 11.8. The van der Waals surface area contributed by atoms with E-state index in [4.69, 9.17) is 14.3 Å². The van der Waals surface area contributed by atoms with Crippen molar-refractivity contribution in [2.75, 3.05) is 51.3 Å². The zero-order valence-corrected chi connectivity index (χ0v) is 27.8. The Hall–Kier alpha value is -3.11. The van der Waals surface area contributed by atoms with Crippen LogP contribution in [0, 0.1) is 5.92 Å². The van der Waals surface area contributed by atoms with Gasteiger partial charge < -0.3 is 24.5 Å². The molecule has 2 heterocycles. The van der Waals surface area contributed by atoms with E-state index in [2.05, 4.69) is 59.8 Å². The number of aldehydes is 1. The predicted octanol–water partition coefficient (Wildman–Crippen LogP) is 5.35. The van der Waals surface area contributed by atoms with Gasteiger partial charge in [-0.15, -0.1) is 0 Å². The summed E-state index contributed by atoms with van der Waals surface area (Å²) in [6.07, 6.45) is 11.5. The largest absolute Gasteiger partial charge is 0.376 e. The Labute approximate surface area is 271 Å². The summed E-state index contributed by atoms with van der Waals surface area (Å²) in [5, 5.41) is 5.03. The van der Waals surface area contributed by atoms with Crippen molar-refractivity contribution >= 4 is 25.2 Å². The Morgan fingerprint density at radius 2 is 1.62 bits per heavy atom. The van der Waals surface area contributed by atoms with Gasteiger partial charge in [0.1, 0.15) is 13.1 Å². The number of unbranched alkanes of at least 4 members (excludes halogenated alkanes) is 2. The van der Waals surface area contributed by atoms with Crippen LogP contribution < -0.4 is 15.6 Å². The number of benzene rings is 2. The van der Waals surface area contributed by atoms with Crippen molar-refractivity contribution in [3.05, 3.63) is 64.7 Å². The van der Waals surface area contributed by atoms with Crippen LogP contribution in [0.15, 0.2) is 42.5 Å². The molecular weight excluding hydrogens is 568 g/mol. The number of amides is 1. The Balaban J connectivity index is 0.000000917. The molecule has 9 nitrogen and oxygen atoms in total. The summed E-state index contributed by atoms with van der Waals surface area (Å²) in [6.45, 7) is 12.9. The smallest absolute Gasteiger partial charge is 0.221 e. The van der Waals surface area contributed by atoms with Crippen molar-refractivity contribution in [3.8, 4) is 0 Å². The summed E-state index contributed by atoms with van der Waals surface area (Å²) in [7, 11) is 1.78. The van der Waals surface area contributed by atoms with Crippen LogP contribution in [0.3, 0.4) is 0 Å². The molecule has 2 aromatic carbocycles. The fourth-order valence-corrected chi connectivity index (χ4v) is 5.71. The SMILES string of the molecule is C=O.CCCCC.CN(Cc1cc(N2CCC(Cc3ccc(COCCOC4CCNCC4)cc3)CC2)ccc1C=O)NC=O. The van der Waals surface area contributed by atoms with Gasteiger partial charge in [0.25, 0.3) is 0 Å². The third-order valence-corrected chi connectivity index (χ3v) is 8.30. The molecule has 2 aliphatic rings. The molecule has 0 saturated carbocycles. The first-order valence-corrected chi connectivity index (χ1v) is 16.6. The molecule has 0 bridgehead atoms. The molecule has 1 amide bonds. The molecule has 0 spiro atoms. The lowest BCUT2D eigenvalue weighted by Gasteiger charge is -2.34. The van der Waals surface area contributed by atoms with Crippen LogP contribution in [0.1, 0.15) is 85.8 Å². The third-order valence-electron chi connectivity index (χ3n) is 8.30. The summed E-state index contributed by atoms with van der Waals surface area (Å²) >= 11 is 0. The van der Waals surface area contributed by atoms with E-state index in [0.29, 0.717) is 50.4 Å². The molecule has 0 aliphatic carbocycles. The van der Waals surface area contributed by atoms with Crippen LogP contribution in [0.2, 0.25) is 0 Å². The van der Waals surface area contributed by atoms with Gasteiger partial charge in [-0.3, -0.25) is 15.0 Å². The molecule has 2 aliphatic heterocycles. The maximum atomic E-state index is 11.5. The highest BCUT2D eigenvalue weighted by atomic mass is 16.5. The topological polar surface area (TPSA) is 100 Å². The summed E-state index contributed by atoms with van der Waals surface area (Å²) < 4.78 is 11.7. The minimum Gasteiger partial charge on any atom is -0.376 e. The molecule has 4 rings (SSSR count). The van der Waals surface area contributed by atoms with Crippen LogP contribution in [0.5, 0.6) is 0 Å². The van der Waals surface area contributed by atoms with Crippen molar-refractivity contribution < 1.29 is 23.9 Å². The number of piperidine rings is 2. The van der Waals surface area contributed by atoms with Gasteiger partial charge in [0.2, 0.25) is 6.41 Å². The Morgan fingerprint density at radius 1 is 0.956 bits per heavy atom. The van der Waals surface area contributed by atoms with Gasteiger partial charge >= 0.3 is 0 Å². The summed E-state index contributed by atoms with van der Waals surface area (Å²) in [4.78, 5) is 32.6. The van der Waals surface area contributed by atoms with E-state index in [-0.39, 0.29) is 0 Å². The van der Waals surface area contributed by atoms with Gasteiger partial charge in [-0.25, -0.2) is 5.01 Å². The number of hydrazine groups is 1. The van der Waals surface area contributed by atoms with E-state index in [1.54, 1.807) is 12.1 Å². The molecule has 2 N–H and O–H groups in total. The first-order chi connectivity index (χ1) is 22.1. The van der Waals surface area contributed by atoms with Crippen molar-refractivity contribution in [3.63, 3.8) is 0 Å². The maximum Gasteiger partial charge on any atom is 0.221 e. The highest BCUT2D eigenvalue weighted by molar-refractivity contribution is 5.78.